The summed E-state index contributed by atoms with van der Waals surface area (Å²) < 4.78 is 44.9. The first-order chi connectivity index (χ1) is 15.2. The third-order valence-corrected chi connectivity index (χ3v) is 5.64. The maximum atomic E-state index is 13.5. The molecule has 9 nitrogen and oxygen atoms in total. The molecule has 32 heavy (non-hydrogen) atoms. The summed E-state index contributed by atoms with van der Waals surface area (Å²) >= 11 is 0.359. The van der Waals surface area contributed by atoms with Gasteiger partial charge in [0, 0.05) is 18.5 Å². The van der Waals surface area contributed by atoms with Gasteiger partial charge in [-0.15, -0.1) is 11.3 Å². The Morgan fingerprint density at radius 1 is 1.28 bits per heavy atom. The molecule has 0 aliphatic rings. The number of esters is 1. The van der Waals surface area contributed by atoms with Crippen LogP contribution in [0.15, 0.2) is 30.5 Å². The molecule has 3 rings (SSSR count). The standard InChI is InChI=1S/C19H18F3N5O4S/c1-31-18(30)13(6-23)26-17(29)15-11(19(20,21)22)5-14(32-15)16(28)24-7-9-3-2-4-12-10(9)8-25-27-12/h2-5,8,13H,6-7,23H2,1H3,(H,24,28)(H,25,27)(H,26,29)/t13-/m0/s1. The Labute approximate surface area is 183 Å². The van der Waals surface area contributed by atoms with E-state index in [9.17, 15) is 27.6 Å². The fourth-order valence-corrected chi connectivity index (χ4v) is 3.91. The van der Waals surface area contributed by atoms with Gasteiger partial charge >= 0.3 is 12.1 Å². The number of methoxy groups -OCH3 is 1. The lowest BCUT2D eigenvalue weighted by Crippen LogP contribution is -2.46. The van der Waals surface area contributed by atoms with Gasteiger partial charge in [0.15, 0.2) is 0 Å². The number of nitrogens with two attached hydrogens (primary N) is 1. The summed E-state index contributed by atoms with van der Waals surface area (Å²) in [4.78, 5) is 35.5. The number of hydrogen-bond donors (Lipinski definition) is 4. The number of hydrogen-bond acceptors (Lipinski definition) is 7. The number of halogens is 3. The second-order valence-electron chi connectivity index (χ2n) is 6.57. The van der Waals surface area contributed by atoms with Gasteiger partial charge in [-0.2, -0.15) is 18.3 Å². The largest absolute Gasteiger partial charge is 0.467 e. The average Bonchev–Trinajstić information content (AvgIpc) is 3.42. The van der Waals surface area contributed by atoms with Gasteiger partial charge in [0.2, 0.25) is 0 Å². The normalized spacial score (nSPS) is 12.4. The molecule has 0 radical (unpaired) electrons. The van der Waals surface area contributed by atoms with Crippen LogP contribution < -0.4 is 16.4 Å². The van der Waals surface area contributed by atoms with E-state index < -0.39 is 40.4 Å². The summed E-state index contributed by atoms with van der Waals surface area (Å²) in [5.41, 5.74) is 5.53. The first kappa shape index (κ1) is 23.2. The minimum Gasteiger partial charge on any atom is -0.467 e. The highest BCUT2D eigenvalue weighted by molar-refractivity contribution is 7.16. The Morgan fingerprint density at radius 2 is 2.03 bits per heavy atom. The molecular weight excluding hydrogens is 451 g/mol. The van der Waals surface area contributed by atoms with Gasteiger partial charge in [0.05, 0.1) is 29.3 Å². The summed E-state index contributed by atoms with van der Waals surface area (Å²) in [7, 11) is 1.05. The first-order valence-corrected chi connectivity index (χ1v) is 9.96. The van der Waals surface area contributed by atoms with E-state index in [2.05, 4.69) is 25.6 Å². The van der Waals surface area contributed by atoms with Crippen LogP contribution in [0, 0.1) is 0 Å². The van der Waals surface area contributed by atoms with Gasteiger partial charge in [-0.1, -0.05) is 12.1 Å². The van der Waals surface area contributed by atoms with E-state index in [4.69, 9.17) is 5.73 Å². The van der Waals surface area contributed by atoms with Crippen molar-refractivity contribution in [2.45, 2.75) is 18.8 Å². The quantitative estimate of drug-likeness (QED) is 0.389. The third-order valence-electron chi connectivity index (χ3n) is 4.51. The number of carbonyl (C=O) groups is 3. The Kier molecular flexibility index (Phi) is 6.79. The van der Waals surface area contributed by atoms with Crippen molar-refractivity contribution in [2.24, 2.45) is 5.73 Å². The number of aromatic amines is 1. The molecule has 0 saturated heterocycles. The van der Waals surface area contributed by atoms with Gasteiger partial charge < -0.3 is 21.1 Å². The van der Waals surface area contributed by atoms with Crippen molar-refractivity contribution in [3.05, 3.63) is 51.3 Å². The second kappa shape index (κ2) is 9.36. The minimum absolute atomic E-state index is 0.0358. The molecule has 2 amide bonds. The lowest BCUT2D eigenvalue weighted by atomic mass is 10.1. The van der Waals surface area contributed by atoms with E-state index in [-0.39, 0.29) is 18.0 Å². The number of ether oxygens (including phenoxy) is 1. The number of thiophene rings is 1. The van der Waals surface area contributed by atoms with E-state index >= 15 is 0 Å². The molecule has 0 saturated carbocycles. The SMILES string of the molecule is COC(=O)[C@H](CN)NC(=O)c1sc(C(=O)NCc2cccc3[nH]ncc23)cc1C(F)(F)F. The van der Waals surface area contributed by atoms with Crippen LogP contribution in [0.1, 0.15) is 30.5 Å². The van der Waals surface area contributed by atoms with Crippen LogP contribution in [0.3, 0.4) is 0 Å². The van der Waals surface area contributed by atoms with Gasteiger partial charge in [-0.3, -0.25) is 14.7 Å². The summed E-state index contributed by atoms with van der Waals surface area (Å²) in [6.45, 7) is -0.341. The molecule has 0 spiro atoms. The Morgan fingerprint density at radius 3 is 2.69 bits per heavy atom. The van der Waals surface area contributed by atoms with E-state index in [1.54, 1.807) is 24.4 Å². The number of aromatic nitrogens is 2. The molecule has 0 unspecified atom stereocenters. The third kappa shape index (κ3) is 4.89. The number of nitrogens with one attached hydrogen (secondary N) is 3. The molecule has 5 N–H and O–H groups in total. The maximum Gasteiger partial charge on any atom is 0.418 e. The number of fused-ring (bicyclic) bond motifs is 1. The summed E-state index contributed by atoms with van der Waals surface area (Å²) in [6, 6.07) is 4.54. The zero-order valence-corrected chi connectivity index (χ0v) is 17.4. The fraction of sp³-hybridized carbons (Fsp3) is 0.263. The summed E-state index contributed by atoms with van der Waals surface area (Å²) in [5.74, 6) is -2.88. The molecule has 2 heterocycles. The molecule has 0 aliphatic heterocycles. The lowest BCUT2D eigenvalue weighted by Gasteiger charge is -2.14. The van der Waals surface area contributed by atoms with Crippen LogP contribution in [0.25, 0.3) is 10.9 Å². The second-order valence-corrected chi connectivity index (χ2v) is 7.62. The van der Waals surface area contributed by atoms with E-state index in [0.29, 0.717) is 23.0 Å². The number of benzene rings is 1. The number of H-pyrrole nitrogens is 1. The van der Waals surface area contributed by atoms with Gasteiger partial charge in [0.25, 0.3) is 11.8 Å². The lowest BCUT2D eigenvalue weighted by molar-refractivity contribution is -0.142. The van der Waals surface area contributed by atoms with Crippen molar-refractivity contribution in [1.29, 1.82) is 0 Å². The highest BCUT2D eigenvalue weighted by Gasteiger charge is 2.39. The Hall–Kier alpha value is -3.45. The van der Waals surface area contributed by atoms with Crippen LogP contribution in [0.4, 0.5) is 13.2 Å². The molecule has 1 atom stereocenters. The predicted octanol–water partition coefficient (Wildman–Crippen LogP) is 1.80. The van der Waals surface area contributed by atoms with Gasteiger partial charge in [0.1, 0.15) is 10.9 Å². The Balaban J connectivity index is 1.82. The van der Waals surface area contributed by atoms with E-state index in [1.165, 1.54) is 0 Å². The van der Waals surface area contributed by atoms with E-state index in [1.807, 2.05) is 0 Å². The molecule has 13 heteroatoms. The zero-order valence-electron chi connectivity index (χ0n) is 16.6. The monoisotopic (exact) mass is 469 g/mol. The fourth-order valence-electron chi connectivity index (χ4n) is 2.91. The highest BCUT2D eigenvalue weighted by Crippen LogP contribution is 2.37. The number of alkyl halides is 3. The van der Waals surface area contributed by atoms with Crippen molar-refractivity contribution in [3.63, 3.8) is 0 Å². The van der Waals surface area contributed by atoms with Crippen molar-refractivity contribution in [2.75, 3.05) is 13.7 Å². The average molecular weight is 469 g/mol. The van der Waals surface area contributed by atoms with Crippen molar-refractivity contribution in [1.82, 2.24) is 20.8 Å². The van der Waals surface area contributed by atoms with Crippen molar-refractivity contribution in [3.8, 4) is 0 Å². The molecule has 0 fully saturated rings. The summed E-state index contributed by atoms with van der Waals surface area (Å²) in [6.07, 6.45) is -3.32. The van der Waals surface area contributed by atoms with E-state index in [0.717, 1.165) is 18.0 Å². The van der Waals surface area contributed by atoms with Crippen molar-refractivity contribution < 1.29 is 32.3 Å². The molecule has 170 valence electrons. The minimum atomic E-state index is -4.90. The molecule has 0 aliphatic carbocycles. The Bertz CT molecular complexity index is 1160. The van der Waals surface area contributed by atoms with Gasteiger partial charge in [-0.25, -0.2) is 4.79 Å². The smallest absolute Gasteiger partial charge is 0.418 e. The number of carbonyl (C=O) groups excluding carboxylic acids is 3. The highest BCUT2D eigenvalue weighted by atomic mass is 32.1. The molecule has 0 bridgehead atoms. The molecule has 2 aromatic heterocycles. The summed E-state index contributed by atoms with van der Waals surface area (Å²) in [5, 5.41) is 12.1. The van der Waals surface area contributed by atoms with Crippen molar-refractivity contribution >= 4 is 40.0 Å². The van der Waals surface area contributed by atoms with Crippen LogP contribution in [-0.4, -0.2) is 47.7 Å². The predicted molar refractivity (Wildman–Crippen MR) is 109 cm³/mol. The molecular formula is C19H18F3N5O4S. The maximum absolute atomic E-state index is 13.5. The van der Waals surface area contributed by atoms with Crippen LogP contribution in [0.5, 0.6) is 0 Å². The number of amides is 2. The first-order valence-electron chi connectivity index (χ1n) is 9.14. The zero-order chi connectivity index (χ0) is 23.5. The topological polar surface area (TPSA) is 139 Å². The van der Waals surface area contributed by atoms with Crippen LogP contribution in [-0.2, 0) is 22.3 Å². The molecule has 3 aromatic rings. The molecule has 1 aromatic carbocycles. The van der Waals surface area contributed by atoms with Gasteiger partial charge in [-0.05, 0) is 17.7 Å². The number of nitrogens with zero attached hydrogens (tertiary/aromatic N) is 1. The van der Waals surface area contributed by atoms with Crippen LogP contribution in [0.2, 0.25) is 0 Å². The number of rotatable bonds is 7. The van der Waals surface area contributed by atoms with Crippen LogP contribution >= 0.6 is 11.3 Å².